The van der Waals surface area contributed by atoms with Crippen LogP contribution in [0.2, 0.25) is 0 Å². The normalized spacial score (nSPS) is 10.5. The summed E-state index contributed by atoms with van der Waals surface area (Å²) in [6.07, 6.45) is 1.88. The molecule has 0 N–H and O–H groups in total. The van der Waals surface area contributed by atoms with E-state index < -0.39 is 21.7 Å². The molecule has 0 aliphatic carbocycles. The van der Waals surface area contributed by atoms with E-state index in [1.54, 1.807) is 0 Å². The van der Waals surface area contributed by atoms with Gasteiger partial charge in [0.2, 0.25) is 0 Å². The number of esters is 1. The fraction of sp³-hybridized carbons (Fsp3) is 0.400. The van der Waals surface area contributed by atoms with Crippen LogP contribution in [0.5, 0.6) is 0 Å². The van der Waals surface area contributed by atoms with Gasteiger partial charge in [0, 0.05) is 12.3 Å². The van der Waals surface area contributed by atoms with Crippen molar-refractivity contribution >= 4 is 15.8 Å². The predicted octanol–water partition coefficient (Wildman–Crippen LogP) is -0.282. The van der Waals surface area contributed by atoms with Gasteiger partial charge in [0.05, 0.1) is 0 Å². The van der Waals surface area contributed by atoms with E-state index in [0.717, 1.165) is 12.3 Å². The lowest BCUT2D eigenvalue weighted by Gasteiger charge is -1.96. The fourth-order valence-electron chi connectivity index (χ4n) is 0.224. The van der Waals surface area contributed by atoms with E-state index in [1.165, 1.54) is 0 Å². The Bertz CT molecular complexity index is 226. The van der Waals surface area contributed by atoms with Gasteiger partial charge in [-0.2, -0.15) is 0 Å². The molecule has 0 saturated heterocycles. The summed E-state index contributed by atoms with van der Waals surface area (Å²) in [7, 11) is -3.22. The summed E-state index contributed by atoms with van der Waals surface area (Å²) in [5, 5.41) is 0. The molecule has 0 aliphatic heterocycles. The van der Waals surface area contributed by atoms with Gasteiger partial charge in [0.15, 0.2) is 15.8 Å². The van der Waals surface area contributed by atoms with E-state index >= 15 is 0 Å². The molecule has 0 aromatic rings. The first kappa shape index (κ1) is 9.16. The Morgan fingerprint density at radius 3 is 2.50 bits per heavy atom. The van der Waals surface area contributed by atoms with Gasteiger partial charge in [-0.3, -0.25) is 0 Å². The Labute approximate surface area is 59.4 Å². The topological polar surface area (TPSA) is 60.4 Å². The van der Waals surface area contributed by atoms with Gasteiger partial charge in [0.1, 0.15) is 0 Å². The van der Waals surface area contributed by atoms with E-state index in [9.17, 15) is 13.2 Å². The van der Waals surface area contributed by atoms with E-state index in [1.807, 2.05) is 0 Å². The van der Waals surface area contributed by atoms with Crippen LogP contribution < -0.4 is 0 Å². The summed E-state index contributed by atoms with van der Waals surface area (Å²) in [4.78, 5) is 10.3. The highest BCUT2D eigenvalue weighted by molar-refractivity contribution is 7.90. The molecule has 0 bridgehead atoms. The van der Waals surface area contributed by atoms with Crippen molar-refractivity contribution in [2.45, 2.75) is 0 Å². The first-order chi connectivity index (χ1) is 4.45. The van der Waals surface area contributed by atoms with Gasteiger partial charge in [-0.05, 0) is 0 Å². The molecule has 0 amide bonds. The summed E-state index contributed by atoms with van der Waals surface area (Å²) in [6.45, 7) is 3.09. The Kier molecular flexibility index (Phi) is 3.08. The lowest BCUT2D eigenvalue weighted by atomic mass is 10.7. The maximum absolute atomic E-state index is 10.3. The van der Waals surface area contributed by atoms with Crippen LogP contribution in [0, 0.1) is 0 Å². The van der Waals surface area contributed by atoms with Crippen molar-refractivity contribution in [1.82, 2.24) is 0 Å². The van der Waals surface area contributed by atoms with Crippen molar-refractivity contribution in [3.63, 3.8) is 0 Å². The SMILES string of the molecule is C=CC(=O)OCS(C)(=O)=O. The van der Waals surface area contributed by atoms with Crippen LogP contribution in [0.1, 0.15) is 0 Å². The highest BCUT2D eigenvalue weighted by atomic mass is 32.2. The van der Waals surface area contributed by atoms with Crippen molar-refractivity contribution in [1.29, 1.82) is 0 Å². The molecule has 0 aliphatic rings. The number of carbonyl (C=O) groups is 1. The minimum atomic E-state index is -3.22. The quantitative estimate of drug-likeness (QED) is 0.425. The molecule has 0 fully saturated rings. The monoisotopic (exact) mass is 164 g/mol. The van der Waals surface area contributed by atoms with E-state index in [4.69, 9.17) is 0 Å². The zero-order chi connectivity index (χ0) is 8.20. The Balaban J connectivity index is 3.78. The van der Waals surface area contributed by atoms with Crippen LogP contribution >= 0.6 is 0 Å². The van der Waals surface area contributed by atoms with Gasteiger partial charge in [-0.25, -0.2) is 13.2 Å². The largest absolute Gasteiger partial charge is 0.446 e. The lowest BCUT2D eigenvalue weighted by Crippen LogP contribution is -2.10. The van der Waals surface area contributed by atoms with Crippen LogP contribution in [0.4, 0.5) is 0 Å². The van der Waals surface area contributed by atoms with Gasteiger partial charge >= 0.3 is 5.97 Å². The Hall–Kier alpha value is -0.840. The van der Waals surface area contributed by atoms with Crippen molar-refractivity contribution < 1.29 is 17.9 Å². The van der Waals surface area contributed by atoms with Crippen LogP contribution in [0.25, 0.3) is 0 Å². The number of ether oxygens (including phenoxy) is 1. The second kappa shape index (κ2) is 3.36. The Morgan fingerprint density at radius 1 is 1.70 bits per heavy atom. The van der Waals surface area contributed by atoms with E-state index in [-0.39, 0.29) is 0 Å². The molecule has 4 nitrogen and oxygen atoms in total. The minimum absolute atomic E-state index is 0.585. The van der Waals surface area contributed by atoms with Crippen LogP contribution in [-0.2, 0) is 19.4 Å². The number of carbonyl (C=O) groups excluding carboxylic acids is 1. The summed E-state index contributed by atoms with van der Waals surface area (Å²) in [5.41, 5.74) is 0. The second-order valence-electron chi connectivity index (χ2n) is 1.71. The zero-order valence-electron chi connectivity index (χ0n) is 5.53. The summed E-state index contributed by atoms with van der Waals surface area (Å²) >= 11 is 0. The highest BCUT2D eigenvalue weighted by Gasteiger charge is 2.03. The first-order valence-electron chi connectivity index (χ1n) is 2.42. The maximum Gasteiger partial charge on any atom is 0.331 e. The maximum atomic E-state index is 10.3. The minimum Gasteiger partial charge on any atom is -0.446 e. The standard InChI is InChI=1S/C5H8O4S/c1-3-5(6)9-4-10(2,7)8/h3H,1,4H2,2H3. The zero-order valence-corrected chi connectivity index (χ0v) is 6.35. The number of hydrogen-bond donors (Lipinski definition) is 0. The molecule has 0 spiro atoms. The third-order valence-electron chi connectivity index (χ3n) is 0.582. The van der Waals surface area contributed by atoms with E-state index in [0.29, 0.717) is 0 Å². The third-order valence-corrected chi connectivity index (χ3v) is 1.13. The van der Waals surface area contributed by atoms with Gasteiger partial charge in [0.25, 0.3) is 0 Å². The third kappa shape index (κ3) is 5.30. The molecular formula is C5H8O4S. The van der Waals surface area contributed by atoms with Crippen molar-refractivity contribution in [2.75, 3.05) is 12.2 Å². The van der Waals surface area contributed by atoms with Crippen LogP contribution in [0.3, 0.4) is 0 Å². The summed E-state index contributed by atoms with van der Waals surface area (Å²) in [6, 6.07) is 0. The molecular weight excluding hydrogens is 156 g/mol. The molecule has 0 rings (SSSR count). The van der Waals surface area contributed by atoms with Crippen LogP contribution in [-0.4, -0.2) is 26.6 Å². The number of hydrogen-bond acceptors (Lipinski definition) is 4. The molecule has 0 saturated carbocycles. The van der Waals surface area contributed by atoms with Gasteiger partial charge in [-0.1, -0.05) is 6.58 Å². The average molecular weight is 164 g/mol. The van der Waals surface area contributed by atoms with Crippen LogP contribution in [0.15, 0.2) is 12.7 Å². The van der Waals surface area contributed by atoms with Gasteiger partial charge in [-0.15, -0.1) is 0 Å². The Morgan fingerprint density at radius 2 is 2.20 bits per heavy atom. The molecule has 0 aromatic heterocycles. The average Bonchev–Trinajstić information content (AvgIpc) is 1.81. The van der Waals surface area contributed by atoms with Crippen molar-refractivity contribution in [2.24, 2.45) is 0 Å². The molecule has 0 unspecified atom stereocenters. The molecule has 10 heavy (non-hydrogen) atoms. The number of rotatable bonds is 3. The summed E-state index contributed by atoms with van der Waals surface area (Å²) in [5.74, 6) is -1.32. The first-order valence-corrected chi connectivity index (χ1v) is 4.48. The van der Waals surface area contributed by atoms with Crippen molar-refractivity contribution in [3.8, 4) is 0 Å². The highest BCUT2D eigenvalue weighted by Crippen LogP contribution is 1.85. The fourth-order valence-corrected chi connectivity index (χ4v) is 0.554. The molecule has 0 heterocycles. The summed E-state index contributed by atoms with van der Waals surface area (Å²) < 4.78 is 24.9. The molecule has 0 radical (unpaired) electrons. The second-order valence-corrected chi connectivity index (χ2v) is 3.80. The van der Waals surface area contributed by atoms with Crippen molar-refractivity contribution in [3.05, 3.63) is 12.7 Å². The number of sulfone groups is 1. The molecule has 5 heteroatoms. The predicted molar refractivity (Wildman–Crippen MR) is 36.0 cm³/mol. The molecule has 0 atom stereocenters. The molecule has 58 valence electrons. The van der Waals surface area contributed by atoms with E-state index in [2.05, 4.69) is 11.3 Å². The smallest absolute Gasteiger partial charge is 0.331 e. The van der Waals surface area contributed by atoms with Gasteiger partial charge < -0.3 is 4.74 Å². The molecule has 0 aromatic carbocycles. The lowest BCUT2D eigenvalue weighted by molar-refractivity contribution is -0.135.